The molecule has 0 aromatic heterocycles. The molecule has 2 rings (SSSR count). The average Bonchev–Trinajstić information content (AvgIpc) is 3.16. The molecule has 4 atom stereocenters. The van der Waals surface area contributed by atoms with Crippen LogP contribution in [0.4, 0.5) is 0 Å². The lowest BCUT2D eigenvalue weighted by Crippen LogP contribution is -2.44. The number of ketones is 3. The first-order valence-electron chi connectivity index (χ1n) is 20.8. The Morgan fingerprint density at radius 3 is 1.89 bits per heavy atom. The highest BCUT2D eigenvalue weighted by atomic mass is 33.1. The zero-order valence-electron chi connectivity index (χ0n) is 33.3. The van der Waals surface area contributed by atoms with E-state index in [4.69, 9.17) is 16.6 Å². The summed E-state index contributed by atoms with van der Waals surface area (Å²) in [5, 5.41) is 24.4. The van der Waals surface area contributed by atoms with Gasteiger partial charge in [-0.2, -0.15) is 0 Å². The number of aromatic hydroxyl groups is 1. The molecule has 2 amide bonds. The van der Waals surface area contributed by atoms with E-state index >= 15 is 0 Å². The molecule has 316 valence electrons. The van der Waals surface area contributed by atoms with Crippen molar-refractivity contribution in [1.29, 1.82) is 0 Å². The number of primary amides is 1. The van der Waals surface area contributed by atoms with Gasteiger partial charge in [0.05, 0.1) is 18.6 Å². The lowest BCUT2D eigenvalue weighted by atomic mass is 9.90. The minimum absolute atomic E-state index is 0.0197. The van der Waals surface area contributed by atoms with Crippen LogP contribution in [0.25, 0.3) is 0 Å². The monoisotopic (exact) mass is 820 g/mol. The van der Waals surface area contributed by atoms with Gasteiger partial charge in [-0.25, -0.2) is 0 Å². The Hall–Kier alpha value is -2.94. The van der Waals surface area contributed by atoms with Crippen LogP contribution in [0.15, 0.2) is 24.3 Å². The Morgan fingerprint density at radius 1 is 0.768 bits per heavy atom. The minimum atomic E-state index is -0.763. The maximum absolute atomic E-state index is 13.6. The number of aliphatic carboxylic acids is 1. The van der Waals surface area contributed by atoms with Crippen molar-refractivity contribution in [3.8, 4) is 5.75 Å². The maximum Gasteiger partial charge on any atom is 0.303 e. The molecule has 1 aliphatic heterocycles. The number of benzene rings is 1. The predicted molar refractivity (Wildman–Crippen MR) is 225 cm³/mol. The molecule has 1 heterocycles. The van der Waals surface area contributed by atoms with Crippen molar-refractivity contribution in [1.82, 2.24) is 10.6 Å². The molecule has 12 nitrogen and oxygen atoms in total. The number of Topliss-reactive ketones (excluding diaryl/α,β-unsaturated/α-hetero) is 3. The number of nitrogens with two attached hydrogens (primary N) is 2. The van der Waals surface area contributed by atoms with Crippen molar-refractivity contribution in [2.75, 3.05) is 24.6 Å². The molecular weight excluding hydrogens is 753 g/mol. The van der Waals surface area contributed by atoms with E-state index in [0.29, 0.717) is 43.7 Å². The summed E-state index contributed by atoms with van der Waals surface area (Å²) in [5.41, 5.74) is 12.4. The molecule has 1 aliphatic rings. The molecule has 56 heavy (non-hydrogen) atoms. The second-order valence-corrected chi connectivity index (χ2v) is 17.8. The Morgan fingerprint density at radius 2 is 1.32 bits per heavy atom. The molecule has 0 aliphatic carbocycles. The van der Waals surface area contributed by atoms with Gasteiger partial charge in [0.1, 0.15) is 5.75 Å². The normalized spacial score (nSPS) is 17.1. The van der Waals surface area contributed by atoms with Crippen molar-refractivity contribution < 1.29 is 39.0 Å². The summed E-state index contributed by atoms with van der Waals surface area (Å²) in [6.45, 7) is 0.387. The van der Waals surface area contributed by atoms with E-state index in [1.54, 1.807) is 12.1 Å². The quantitative estimate of drug-likeness (QED) is 0.0342. The fraction of sp³-hybridized carbons (Fsp3) is 0.714. The fourth-order valence-electron chi connectivity index (χ4n) is 6.80. The van der Waals surface area contributed by atoms with Crippen LogP contribution >= 0.6 is 21.6 Å². The zero-order valence-corrected chi connectivity index (χ0v) is 35.0. The van der Waals surface area contributed by atoms with Crippen LogP contribution in [0.2, 0.25) is 0 Å². The summed E-state index contributed by atoms with van der Waals surface area (Å²) in [5.74, 6) is -2.00. The predicted octanol–water partition coefficient (Wildman–Crippen LogP) is 6.43. The highest BCUT2D eigenvalue weighted by molar-refractivity contribution is 8.76. The van der Waals surface area contributed by atoms with Gasteiger partial charge in [0.25, 0.3) is 0 Å². The topological polar surface area (TPSA) is 219 Å². The molecule has 8 N–H and O–H groups in total. The largest absolute Gasteiger partial charge is 0.508 e. The van der Waals surface area contributed by atoms with E-state index in [9.17, 15) is 33.9 Å². The number of rotatable bonds is 32. The SMILES string of the molecule is NC(=O)[C@@H](CC(=O)[C@H](CCCCNC(=O)CCCCCCCCCCCCCCCCC(=O)O)NCC(=O)[C@@H]1CSSC[C@H](N)C(=O)C1)Cc1ccc(O)cc1. The number of amides is 2. The van der Waals surface area contributed by atoms with Gasteiger partial charge in [0.15, 0.2) is 17.3 Å². The standard InChI is InChI=1S/C42H68N4O8S2/c43-35-30-56-55-29-33(27-37(35)48)39(50)28-46-36(38(49)26-32(42(44)54)25-31-20-22-34(47)23-21-31)17-15-16-24-45-40(51)18-13-11-9-7-5-3-1-2-4-6-8-10-12-14-19-41(52)53/h20-23,32-33,35-36,46-47H,1-19,24-30,43H2,(H2,44,54)(H,45,51)(H,52,53)/t32-,33+,35+,36+/m1/s1. The second kappa shape index (κ2) is 30.2. The number of phenolic OH excluding ortho intramolecular Hbond substituents is 1. The summed E-state index contributed by atoms with van der Waals surface area (Å²) in [6.07, 6.45) is 18.4. The minimum Gasteiger partial charge on any atom is -0.508 e. The van der Waals surface area contributed by atoms with Crippen LogP contribution in [-0.4, -0.2) is 82.0 Å². The molecule has 14 heteroatoms. The van der Waals surface area contributed by atoms with Crippen molar-refractivity contribution in [2.24, 2.45) is 23.3 Å². The highest BCUT2D eigenvalue weighted by Crippen LogP contribution is 2.29. The van der Waals surface area contributed by atoms with Gasteiger partial charge in [-0.3, -0.25) is 28.8 Å². The average molecular weight is 821 g/mol. The summed E-state index contributed by atoms with van der Waals surface area (Å²) < 4.78 is 0. The van der Waals surface area contributed by atoms with Crippen LogP contribution in [-0.2, 0) is 35.2 Å². The lowest BCUT2D eigenvalue weighted by Gasteiger charge is -2.23. The molecule has 0 radical (unpaired) electrons. The van der Waals surface area contributed by atoms with Gasteiger partial charge in [0, 0.05) is 55.6 Å². The third kappa shape index (κ3) is 23.3. The molecule has 0 spiro atoms. The van der Waals surface area contributed by atoms with Crippen LogP contribution in [0.3, 0.4) is 0 Å². The second-order valence-electron chi connectivity index (χ2n) is 15.3. The van der Waals surface area contributed by atoms with Crippen molar-refractivity contribution >= 4 is 56.7 Å². The first kappa shape index (κ1) is 49.2. The Labute approximate surface area is 342 Å². The van der Waals surface area contributed by atoms with Gasteiger partial charge in [-0.05, 0) is 56.2 Å². The van der Waals surface area contributed by atoms with Gasteiger partial charge >= 0.3 is 5.97 Å². The number of hydrogen-bond acceptors (Lipinski definition) is 11. The van der Waals surface area contributed by atoms with Gasteiger partial charge in [0.2, 0.25) is 11.8 Å². The summed E-state index contributed by atoms with van der Waals surface area (Å²) in [7, 11) is 3.00. The number of carboxylic acids is 1. The maximum atomic E-state index is 13.6. The first-order valence-corrected chi connectivity index (χ1v) is 23.3. The van der Waals surface area contributed by atoms with Crippen molar-refractivity contribution in [3.63, 3.8) is 0 Å². The summed E-state index contributed by atoms with van der Waals surface area (Å²) in [4.78, 5) is 74.6. The summed E-state index contributed by atoms with van der Waals surface area (Å²) >= 11 is 0. The third-order valence-corrected chi connectivity index (χ3v) is 12.9. The molecule has 1 saturated heterocycles. The number of carboxylic acid groups (broad SMARTS) is 1. The molecule has 0 unspecified atom stereocenters. The van der Waals surface area contributed by atoms with Gasteiger partial charge in [-0.1, -0.05) is 111 Å². The van der Waals surface area contributed by atoms with Crippen LogP contribution in [0.5, 0.6) is 5.75 Å². The van der Waals surface area contributed by atoms with Crippen molar-refractivity contribution in [3.05, 3.63) is 29.8 Å². The molecule has 1 fully saturated rings. The van der Waals surface area contributed by atoms with Crippen LogP contribution in [0.1, 0.15) is 140 Å². The number of carbonyl (C=O) groups is 6. The van der Waals surface area contributed by atoms with Crippen molar-refractivity contribution in [2.45, 2.75) is 153 Å². The molecule has 1 aromatic rings. The van der Waals surface area contributed by atoms with E-state index in [1.165, 1.54) is 85.1 Å². The van der Waals surface area contributed by atoms with Gasteiger partial charge in [-0.15, -0.1) is 0 Å². The van der Waals surface area contributed by atoms with Crippen LogP contribution in [0, 0.1) is 11.8 Å². The third-order valence-electron chi connectivity index (χ3n) is 10.4. The number of hydrogen-bond donors (Lipinski definition) is 6. The smallest absolute Gasteiger partial charge is 0.303 e. The summed E-state index contributed by atoms with van der Waals surface area (Å²) in [6, 6.07) is 5.08. The van der Waals surface area contributed by atoms with E-state index in [0.717, 1.165) is 44.1 Å². The number of nitrogens with one attached hydrogen (secondary N) is 2. The zero-order chi connectivity index (χ0) is 41.0. The Kier molecular flexibility index (Phi) is 26.5. The number of unbranched alkanes of at least 4 members (excludes halogenated alkanes) is 14. The van der Waals surface area contributed by atoms with E-state index < -0.39 is 35.8 Å². The lowest BCUT2D eigenvalue weighted by molar-refractivity contribution is -0.137. The van der Waals surface area contributed by atoms with E-state index in [2.05, 4.69) is 10.6 Å². The molecule has 1 aromatic carbocycles. The fourth-order valence-corrected chi connectivity index (χ4v) is 9.30. The van der Waals surface area contributed by atoms with Gasteiger partial charge < -0.3 is 32.3 Å². The highest BCUT2D eigenvalue weighted by Gasteiger charge is 2.30. The number of carbonyl (C=O) groups excluding carboxylic acids is 5. The Bertz CT molecular complexity index is 1330. The van der Waals surface area contributed by atoms with E-state index in [1.807, 2.05) is 0 Å². The van der Waals surface area contributed by atoms with Crippen LogP contribution < -0.4 is 22.1 Å². The molecule has 0 bridgehead atoms. The number of phenols is 1. The Balaban J connectivity index is 1.69. The first-order chi connectivity index (χ1) is 27.0. The molecular formula is C42H68N4O8S2. The molecule has 0 saturated carbocycles. The van der Waals surface area contributed by atoms with E-state index in [-0.39, 0.29) is 61.2 Å².